The molecule has 344 valence electrons. The summed E-state index contributed by atoms with van der Waals surface area (Å²) in [6.07, 6.45) is 0. The number of fused-ring (bicyclic) bond motifs is 18. The van der Waals surface area contributed by atoms with Crippen molar-refractivity contribution in [1.29, 1.82) is 0 Å². The monoisotopic (exact) mass is 968 g/mol. The molecule has 0 unspecified atom stereocenters. The van der Waals surface area contributed by atoms with E-state index in [9.17, 15) is 0 Å². The van der Waals surface area contributed by atoms with E-state index >= 15 is 0 Å². The van der Waals surface area contributed by atoms with E-state index in [1.54, 1.807) is 0 Å². The molecule has 6 heterocycles. The smallest absolute Gasteiger partial charge is 0.264 e. The Labute approximate surface area is 432 Å². The highest BCUT2D eigenvalue weighted by atomic mass is 32.2. The molecule has 0 saturated carbocycles. The van der Waals surface area contributed by atoms with Crippen molar-refractivity contribution >= 4 is 145 Å². The Kier molecular flexibility index (Phi) is 8.59. The van der Waals surface area contributed by atoms with E-state index < -0.39 is 0 Å². The maximum absolute atomic E-state index is 2.67. The van der Waals surface area contributed by atoms with E-state index in [-0.39, 0.29) is 12.1 Å². The number of nitrogens with zero attached hydrogens (tertiary/aromatic N) is 4. The molecule has 0 atom stereocenters. The maximum Gasteiger partial charge on any atom is 0.264 e. The third kappa shape index (κ3) is 5.75. The van der Waals surface area contributed by atoms with Crippen molar-refractivity contribution < 1.29 is 0 Å². The standard InChI is InChI=1S/C66H45BN4S2/c1-66(2,3)42-33-29-40(30-34-42)41-31-35-44(36-32-41)69-61-48-21-9-14-26-55(48)73-65(61)67-49-38-37-45-39-54(49)71(53-25-13-16-28-57(53)72-56-27-15-12-24-52(56)68(45)43-17-5-4-6-18-43)64-59-47-20-8-11-23-51(47)70-50-22-10-7-19-46(50)58(62(59)70)63(69)60(64)67/h4-39H,1-3H3. The predicted molar refractivity (Wildman–Crippen MR) is 313 cm³/mol. The topological polar surface area (TPSA) is 14.1 Å². The molecule has 3 aromatic heterocycles. The van der Waals surface area contributed by atoms with Gasteiger partial charge in [0.2, 0.25) is 0 Å². The lowest BCUT2D eigenvalue weighted by Gasteiger charge is -2.45. The molecule has 2 bridgehead atoms. The first-order valence-corrected chi connectivity index (χ1v) is 26.9. The summed E-state index contributed by atoms with van der Waals surface area (Å²) in [5.41, 5.74) is 20.9. The number of thiophene rings is 1. The molecule has 4 nitrogen and oxygen atoms in total. The van der Waals surface area contributed by atoms with Crippen LogP contribution in [0.25, 0.3) is 59.3 Å². The summed E-state index contributed by atoms with van der Waals surface area (Å²) in [6, 6.07) is 82.2. The summed E-state index contributed by atoms with van der Waals surface area (Å²) in [6.45, 7) is 6.78. The third-order valence-corrected chi connectivity index (χ3v) is 18.2. The van der Waals surface area contributed by atoms with Crippen LogP contribution in [0.1, 0.15) is 26.3 Å². The highest BCUT2D eigenvalue weighted by Gasteiger charge is 2.49. The quantitative estimate of drug-likeness (QED) is 0.164. The summed E-state index contributed by atoms with van der Waals surface area (Å²) < 4.78 is 5.24. The van der Waals surface area contributed by atoms with E-state index in [4.69, 9.17) is 0 Å². The SMILES string of the molecule is CC(C)(C)c1ccc(-c2ccc(N3c4c(sc5ccccc45)B4c5ccc6cc5N(c5ccccc5Sc5ccccc5N6c5ccccc5)c5c4c3c3c4ccccc4n4c6ccccc6c5c34)cc2)cc1. The minimum absolute atomic E-state index is 0.0645. The van der Waals surface area contributed by atoms with Crippen LogP contribution in [-0.2, 0) is 5.41 Å². The van der Waals surface area contributed by atoms with E-state index in [1.807, 2.05) is 23.1 Å². The number of hydrogen-bond donors (Lipinski definition) is 0. The van der Waals surface area contributed by atoms with Crippen LogP contribution >= 0.6 is 23.1 Å². The number of anilines is 9. The highest BCUT2D eigenvalue weighted by Crippen LogP contribution is 2.58. The number of para-hydroxylation sites is 5. The van der Waals surface area contributed by atoms with Crippen LogP contribution in [0.15, 0.2) is 228 Å². The van der Waals surface area contributed by atoms with Crippen molar-refractivity contribution in [3.8, 4) is 11.1 Å². The van der Waals surface area contributed by atoms with E-state index in [2.05, 4.69) is 258 Å². The van der Waals surface area contributed by atoms with E-state index in [0.29, 0.717) is 0 Å². The van der Waals surface area contributed by atoms with Gasteiger partial charge < -0.3 is 19.1 Å². The lowest BCUT2D eigenvalue weighted by molar-refractivity contribution is 0.590. The van der Waals surface area contributed by atoms with Crippen LogP contribution in [0.3, 0.4) is 0 Å². The van der Waals surface area contributed by atoms with Crippen LogP contribution in [-0.4, -0.2) is 11.1 Å². The maximum atomic E-state index is 2.67. The Morgan fingerprint density at radius 2 is 0.959 bits per heavy atom. The summed E-state index contributed by atoms with van der Waals surface area (Å²) in [4.78, 5) is 10.2. The van der Waals surface area contributed by atoms with Gasteiger partial charge in [-0.25, -0.2) is 0 Å². The zero-order valence-electron chi connectivity index (χ0n) is 40.5. The van der Waals surface area contributed by atoms with Crippen LogP contribution < -0.4 is 30.4 Å². The average molecular weight is 969 g/mol. The minimum Gasteiger partial charge on any atom is -0.310 e. The number of aromatic nitrogens is 1. The first-order valence-electron chi connectivity index (χ1n) is 25.3. The van der Waals surface area contributed by atoms with Gasteiger partial charge in [0.05, 0.1) is 45.0 Å². The van der Waals surface area contributed by atoms with Crippen LogP contribution in [0, 0.1) is 0 Å². The van der Waals surface area contributed by atoms with Crippen molar-refractivity contribution in [3.63, 3.8) is 0 Å². The lowest BCUT2D eigenvalue weighted by atomic mass is 9.36. The van der Waals surface area contributed by atoms with Gasteiger partial charge in [-0.15, -0.1) is 11.3 Å². The van der Waals surface area contributed by atoms with Crippen LogP contribution in [0.5, 0.6) is 0 Å². The molecule has 0 radical (unpaired) electrons. The van der Waals surface area contributed by atoms with Gasteiger partial charge in [0.1, 0.15) is 0 Å². The molecule has 3 aliphatic heterocycles. The van der Waals surface area contributed by atoms with Crippen LogP contribution in [0.4, 0.5) is 51.2 Å². The second kappa shape index (κ2) is 15.2. The zero-order valence-corrected chi connectivity index (χ0v) is 42.1. The van der Waals surface area contributed by atoms with Crippen molar-refractivity contribution in [2.24, 2.45) is 0 Å². The second-order valence-corrected chi connectivity index (χ2v) is 23.0. The van der Waals surface area contributed by atoms with Crippen molar-refractivity contribution in [2.45, 2.75) is 36.0 Å². The summed E-state index contributed by atoms with van der Waals surface area (Å²) in [5, 5.41) is 6.39. The number of benzene rings is 10. The zero-order chi connectivity index (χ0) is 48.3. The molecular formula is C66H45BN4S2. The molecule has 3 aliphatic rings. The Hall–Kier alpha value is -8.23. The Morgan fingerprint density at radius 1 is 0.425 bits per heavy atom. The molecule has 16 rings (SSSR count). The normalized spacial score (nSPS) is 13.8. The van der Waals surface area contributed by atoms with Crippen molar-refractivity contribution in [3.05, 3.63) is 224 Å². The van der Waals surface area contributed by atoms with Gasteiger partial charge in [-0.2, -0.15) is 0 Å². The van der Waals surface area contributed by atoms with Gasteiger partial charge in [-0.3, -0.25) is 0 Å². The molecule has 73 heavy (non-hydrogen) atoms. The molecular weight excluding hydrogens is 924 g/mol. The second-order valence-electron chi connectivity index (χ2n) is 20.8. The number of rotatable bonds is 3. The largest absolute Gasteiger partial charge is 0.310 e. The van der Waals surface area contributed by atoms with Gasteiger partial charge in [0.25, 0.3) is 6.71 Å². The van der Waals surface area contributed by atoms with E-state index in [0.717, 1.165) is 22.7 Å². The van der Waals surface area contributed by atoms with Gasteiger partial charge in [-0.1, -0.05) is 172 Å². The Bertz CT molecular complexity index is 4420. The van der Waals surface area contributed by atoms with Gasteiger partial charge in [-0.05, 0) is 112 Å². The van der Waals surface area contributed by atoms with Gasteiger partial charge in [0.15, 0.2) is 0 Å². The lowest BCUT2D eigenvalue weighted by Crippen LogP contribution is -2.60. The molecule has 10 aromatic carbocycles. The Balaban J connectivity index is 1.07. The van der Waals surface area contributed by atoms with Crippen molar-refractivity contribution in [2.75, 3.05) is 14.7 Å². The molecule has 0 spiro atoms. The molecule has 0 aliphatic carbocycles. The fourth-order valence-corrected chi connectivity index (χ4v) is 15.0. The molecule has 0 N–H and O–H groups in total. The first-order chi connectivity index (χ1) is 35.9. The third-order valence-electron chi connectivity index (χ3n) is 15.8. The molecule has 0 amide bonds. The van der Waals surface area contributed by atoms with Gasteiger partial charge >= 0.3 is 0 Å². The van der Waals surface area contributed by atoms with Crippen molar-refractivity contribution in [1.82, 2.24) is 4.40 Å². The highest BCUT2D eigenvalue weighted by molar-refractivity contribution is 7.99. The summed E-state index contributed by atoms with van der Waals surface area (Å²) >= 11 is 3.82. The summed E-state index contributed by atoms with van der Waals surface area (Å²) in [7, 11) is 0. The molecule has 0 fully saturated rings. The molecule has 0 saturated heterocycles. The number of hydrogen-bond acceptors (Lipinski definition) is 5. The van der Waals surface area contributed by atoms with Crippen LogP contribution in [0.2, 0.25) is 0 Å². The average Bonchev–Trinajstić information content (AvgIpc) is 4.23. The molecule has 13 aromatic rings. The Morgan fingerprint density at radius 3 is 1.63 bits per heavy atom. The summed E-state index contributed by atoms with van der Waals surface area (Å²) in [5.74, 6) is 0. The predicted octanol–water partition coefficient (Wildman–Crippen LogP) is 17.0. The fourth-order valence-electron chi connectivity index (χ4n) is 12.6. The minimum atomic E-state index is -0.0645. The van der Waals surface area contributed by atoms with Gasteiger partial charge in [0, 0.05) is 68.9 Å². The van der Waals surface area contributed by atoms with E-state index in [1.165, 1.54) is 119 Å². The first kappa shape index (κ1) is 41.4. The molecule has 7 heteroatoms. The fraction of sp³-hybridized carbons (Fsp3) is 0.0606.